The fourth-order valence-corrected chi connectivity index (χ4v) is 1.79. The van der Waals surface area contributed by atoms with E-state index in [0.717, 1.165) is 5.56 Å². The van der Waals surface area contributed by atoms with Crippen molar-refractivity contribution in [1.82, 2.24) is 10.9 Å². The quantitative estimate of drug-likeness (QED) is 0.800. The lowest BCUT2D eigenvalue weighted by atomic mass is 9.98. The van der Waals surface area contributed by atoms with Crippen LogP contribution in [0.2, 0.25) is 0 Å². The van der Waals surface area contributed by atoms with Crippen LogP contribution in [0.15, 0.2) is 30.3 Å². The van der Waals surface area contributed by atoms with Gasteiger partial charge in [-0.15, -0.1) is 0 Å². The standard InChI is InChI=1S/C15H22N2O2/c1-11(2)9-14(18)16-17-15(19)10-12(3)13-7-5-4-6-8-13/h4-8,11-12H,9-10H2,1-3H3,(H,16,18)(H,17,19). The lowest BCUT2D eigenvalue weighted by Gasteiger charge is -2.13. The number of hydrazine groups is 1. The molecule has 104 valence electrons. The molecule has 4 heteroatoms. The molecule has 0 saturated carbocycles. The molecule has 0 aliphatic carbocycles. The summed E-state index contributed by atoms with van der Waals surface area (Å²) in [7, 11) is 0. The second kappa shape index (κ2) is 7.56. The van der Waals surface area contributed by atoms with Crippen LogP contribution in [-0.4, -0.2) is 11.8 Å². The molecule has 0 saturated heterocycles. The van der Waals surface area contributed by atoms with Crippen molar-refractivity contribution in [2.75, 3.05) is 0 Å². The van der Waals surface area contributed by atoms with E-state index >= 15 is 0 Å². The summed E-state index contributed by atoms with van der Waals surface area (Å²) in [5.74, 6) is 0.0764. The highest BCUT2D eigenvalue weighted by atomic mass is 16.2. The van der Waals surface area contributed by atoms with Crippen molar-refractivity contribution >= 4 is 11.8 Å². The molecule has 1 atom stereocenters. The lowest BCUT2D eigenvalue weighted by molar-refractivity contribution is -0.129. The van der Waals surface area contributed by atoms with Crippen LogP contribution in [0.1, 0.15) is 45.1 Å². The van der Waals surface area contributed by atoms with Gasteiger partial charge < -0.3 is 0 Å². The average Bonchev–Trinajstić information content (AvgIpc) is 2.36. The van der Waals surface area contributed by atoms with Crippen molar-refractivity contribution in [3.8, 4) is 0 Å². The summed E-state index contributed by atoms with van der Waals surface area (Å²) < 4.78 is 0. The molecule has 19 heavy (non-hydrogen) atoms. The van der Waals surface area contributed by atoms with E-state index in [2.05, 4.69) is 10.9 Å². The van der Waals surface area contributed by atoms with Gasteiger partial charge in [0.2, 0.25) is 11.8 Å². The Balaban J connectivity index is 2.33. The van der Waals surface area contributed by atoms with E-state index in [9.17, 15) is 9.59 Å². The minimum absolute atomic E-state index is 0.128. The van der Waals surface area contributed by atoms with E-state index < -0.39 is 0 Å². The molecule has 1 unspecified atom stereocenters. The number of carbonyl (C=O) groups excluding carboxylic acids is 2. The second-order valence-corrected chi connectivity index (χ2v) is 5.21. The van der Waals surface area contributed by atoms with Crippen molar-refractivity contribution in [3.05, 3.63) is 35.9 Å². The number of nitrogens with one attached hydrogen (secondary N) is 2. The van der Waals surface area contributed by atoms with Crippen molar-refractivity contribution in [2.24, 2.45) is 5.92 Å². The molecule has 0 radical (unpaired) electrons. The summed E-state index contributed by atoms with van der Waals surface area (Å²) in [6.07, 6.45) is 0.764. The summed E-state index contributed by atoms with van der Waals surface area (Å²) in [4.78, 5) is 23.1. The first kappa shape index (κ1) is 15.2. The maximum absolute atomic E-state index is 11.7. The number of rotatable bonds is 5. The molecule has 0 heterocycles. The van der Waals surface area contributed by atoms with Crippen molar-refractivity contribution in [2.45, 2.75) is 39.5 Å². The Labute approximate surface area is 114 Å². The summed E-state index contributed by atoms with van der Waals surface area (Å²) in [6, 6.07) is 9.84. The van der Waals surface area contributed by atoms with Crippen LogP contribution >= 0.6 is 0 Å². The van der Waals surface area contributed by atoms with Gasteiger partial charge in [-0.2, -0.15) is 0 Å². The minimum atomic E-state index is -0.173. The molecule has 2 amide bonds. The molecule has 4 nitrogen and oxygen atoms in total. The summed E-state index contributed by atoms with van der Waals surface area (Å²) in [6.45, 7) is 5.91. The molecule has 0 aliphatic heterocycles. The Morgan fingerprint density at radius 1 is 0.947 bits per heavy atom. The van der Waals surface area contributed by atoms with Crippen LogP contribution in [0.4, 0.5) is 0 Å². The lowest BCUT2D eigenvalue weighted by Crippen LogP contribution is -2.42. The van der Waals surface area contributed by atoms with Crippen LogP contribution in [-0.2, 0) is 9.59 Å². The van der Waals surface area contributed by atoms with Crippen LogP contribution < -0.4 is 10.9 Å². The zero-order chi connectivity index (χ0) is 14.3. The van der Waals surface area contributed by atoms with Crippen LogP contribution in [0, 0.1) is 5.92 Å². The molecule has 0 spiro atoms. The van der Waals surface area contributed by atoms with Crippen molar-refractivity contribution in [1.29, 1.82) is 0 Å². The van der Waals surface area contributed by atoms with Gasteiger partial charge in [-0.3, -0.25) is 20.4 Å². The molecule has 0 fully saturated rings. The van der Waals surface area contributed by atoms with Gasteiger partial charge in [0.05, 0.1) is 0 Å². The first-order valence-electron chi connectivity index (χ1n) is 6.61. The average molecular weight is 262 g/mol. The normalized spacial score (nSPS) is 12.0. The van der Waals surface area contributed by atoms with Crippen LogP contribution in [0.5, 0.6) is 0 Å². The van der Waals surface area contributed by atoms with E-state index in [0.29, 0.717) is 12.8 Å². The predicted octanol–water partition coefficient (Wildman–Crippen LogP) is 2.37. The van der Waals surface area contributed by atoms with Gasteiger partial charge in [0.1, 0.15) is 0 Å². The first-order chi connectivity index (χ1) is 8.99. The zero-order valence-corrected chi connectivity index (χ0v) is 11.8. The number of amides is 2. The number of benzene rings is 1. The van der Waals surface area contributed by atoms with Gasteiger partial charge in [-0.1, -0.05) is 51.1 Å². The van der Waals surface area contributed by atoms with Crippen LogP contribution in [0.25, 0.3) is 0 Å². The van der Waals surface area contributed by atoms with Gasteiger partial charge in [-0.25, -0.2) is 0 Å². The Kier molecular flexibility index (Phi) is 6.06. The topological polar surface area (TPSA) is 58.2 Å². The largest absolute Gasteiger partial charge is 0.273 e. The minimum Gasteiger partial charge on any atom is -0.273 e. The highest BCUT2D eigenvalue weighted by molar-refractivity contribution is 5.82. The Hall–Kier alpha value is -1.84. The SMILES string of the molecule is CC(C)CC(=O)NNC(=O)CC(C)c1ccccc1. The van der Waals surface area contributed by atoms with Gasteiger partial charge in [0.25, 0.3) is 0 Å². The van der Waals surface area contributed by atoms with Gasteiger partial charge in [0, 0.05) is 12.8 Å². The van der Waals surface area contributed by atoms with Gasteiger partial charge >= 0.3 is 0 Å². The molecule has 1 aromatic rings. The summed E-state index contributed by atoms with van der Waals surface area (Å²) >= 11 is 0. The molecule has 0 aliphatic rings. The molecule has 0 aromatic heterocycles. The molecular formula is C15H22N2O2. The molecule has 1 rings (SSSR count). The fraction of sp³-hybridized carbons (Fsp3) is 0.467. The number of hydrogen-bond donors (Lipinski definition) is 2. The third-order valence-electron chi connectivity index (χ3n) is 2.80. The van der Waals surface area contributed by atoms with E-state index in [1.165, 1.54) is 0 Å². The highest BCUT2D eigenvalue weighted by Gasteiger charge is 2.12. The van der Waals surface area contributed by atoms with E-state index in [1.54, 1.807) is 0 Å². The predicted molar refractivity (Wildman–Crippen MR) is 75.2 cm³/mol. The maximum Gasteiger partial charge on any atom is 0.238 e. The first-order valence-corrected chi connectivity index (χ1v) is 6.61. The molecule has 0 bridgehead atoms. The number of hydrogen-bond acceptors (Lipinski definition) is 2. The Morgan fingerprint density at radius 3 is 2.00 bits per heavy atom. The van der Waals surface area contributed by atoms with E-state index in [1.807, 2.05) is 51.1 Å². The smallest absolute Gasteiger partial charge is 0.238 e. The second-order valence-electron chi connectivity index (χ2n) is 5.21. The number of carbonyl (C=O) groups is 2. The van der Waals surface area contributed by atoms with Crippen LogP contribution in [0.3, 0.4) is 0 Å². The molecule has 2 N–H and O–H groups in total. The van der Waals surface area contributed by atoms with E-state index in [-0.39, 0.29) is 23.7 Å². The third-order valence-corrected chi connectivity index (χ3v) is 2.80. The summed E-state index contributed by atoms with van der Waals surface area (Å²) in [5.41, 5.74) is 6.00. The van der Waals surface area contributed by atoms with Crippen molar-refractivity contribution in [3.63, 3.8) is 0 Å². The monoisotopic (exact) mass is 262 g/mol. The fourth-order valence-electron chi connectivity index (χ4n) is 1.79. The van der Waals surface area contributed by atoms with Gasteiger partial charge in [0.15, 0.2) is 0 Å². The van der Waals surface area contributed by atoms with Crippen molar-refractivity contribution < 1.29 is 9.59 Å². The maximum atomic E-state index is 11.7. The van der Waals surface area contributed by atoms with Gasteiger partial charge in [-0.05, 0) is 17.4 Å². The Morgan fingerprint density at radius 2 is 1.47 bits per heavy atom. The third kappa shape index (κ3) is 6.04. The summed E-state index contributed by atoms with van der Waals surface area (Å²) in [5, 5.41) is 0. The molecule has 1 aromatic carbocycles. The Bertz CT molecular complexity index is 415. The zero-order valence-electron chi connectivity index (χ0n) is 11.8. The molecular weight excluding hydrogens is 240 g/mol. The highest BCUT2D eigenvalue weighted by Crippen LogP contribution is 2.17. The van der Waals surface area contributed by atoms with E-state index in [4.69, 9.17) is 0 Å².